The Bertz CT molecular complexity index is 1420. The van der Waals surface area contributed by atoms with Crippen molar-refractivity contribution >= 4 is 32.3 Å². The number of phenolic OH excluding ortho intramolecular Hbond substituents is 1. The molecule has 2 atom stereocenters. The molecule has 1 aliphatic heterocycles. The minimum Gasteiger partial charge on any atom is -0.507 e. The third-order valence-electron chi connectivity index (χ3n) is 7.00. The van der Waals surface area contributed by atoms with Crippen LogP contribution in [-0.2, 0) is 20.8 Å². The second-order valence-corrected chi connectivity index (χ2v) is 13.5. The molecule has 4 N–H and O–H groups in total. The van der Waals surface area contributed by atoms with Crippen molar-refractivity contribution in [2.24, 2.45) is 0 Å². The standard InChI is InChI=1S/C29H38N4O6S2/c1-20(2)21-4-8-26(9-5-21)41(37,38)32-23-6-11-29(31-17-23)33-14-12-22(13-15-33)30-18-24(34)19-39-25-7-10-27(35)28(16-25)40(3)36/h4-11,16-17,20,22,24,30,32,34-35H,12-15,18-19H2,1-3H3. The average molecular weight is 603 g/mol. The smallest absolute Gasteiger partial charge is 0.261 e. The van der Waals surface area contributed by atoms with Gasteiger partial charge in [0.1, 0.15) is 30.0 Å². The number of sulfonamides is 1. The molecule has 12 heteroatoms. The molecule has 0 saturated carbocycles. The first-order valence-electron chi connectivity index (χ1n) is 13.6. The highest BCUT2D eigenvalue weighted by atomic mass is 32.2. The van der Waals surface area contributed by atoms with Gasteiger partial charge in [0, 0.05) is 31.9 Å². The molecule has 4 rings (SSSR count). The highest BCUT2D eigenvalue weighted by Crippen LogP contribution is 2.26. The number of benzene rings is 2. The Kier molecular flexibility index (Phi) is 10.2. The molecule has 3 aromatic rings. The van der Waals surface area contributed by atoms with E-state index in [0.29, 0.717) is 28.8 Å². The maximum Gasteiger partial charge on any atom is 0.261 e. The van der Waals surface area contributed by atoms with Crippen molar-refractivity contribution in [2.75, 3.05) is 42.1 Å². The van der Waals surface area contributed by atoms with Crippen LogP contribution >= 0.6 is 0 Å². The topological polar surface area (TPSA) is 141 Å². The van der Waals surface area contributed by atoms with Crippen molar-refractivity contribution in [3.8, 4) is 11.5 Å². The van der Waals surface area contributed by atoms with Gasteiger partial charge in [-0.2, -0.15) is 0 Å². The van der Waals surface area contributed by atoms with E-state index in [1.54, 1.807) is 24.3 Å². The lowest BCUT2D eigenvalue weighted by Gasteiger charge is -2.33. The van der Waals surface area contributed by atoms with Crippen molar-refractivity contribution in [1.29, 1.82) is 0 Å². The number of pyridine rings is 1. The van der Waals surface area contributed by atoms with E-state index in [9.17, 15) is 22.8 Å². The quantitative estimate of drug-likeness (QED) is 0.245. The Morgan fingerprint density at radius 1 is 1.10 bits per heavy atom. The molecule has 1 fully saturated rings. The lowest BCUT2D eigenvalue weighted by atomic mass is 10.0. The van der Waals surface area contributed by atoms with Gasteiger partial charge in [0.05, 0.1) is 32.5 Å². The number of aromatic hydroxyl groups is 1. The minimum atomic E-state index is -3.71. The molecule has 41 heavy (non-hydrogen) atoms. The van der Waals surface area contributed by atoms with E-state index in [1.165, 1.54) is 24.6 Å². The van der Waals surface area contributed by atoms with Crippen LogP contribution in [0.15, 0.2) is 70.6 Å². The van der Waals surface area contributed by atoms with Gasteiger partial charge in [0.2, 0.25) is 0 Å². The fourth-order valence-corrected chi connectivity index (χ4v) is 6.25. The zero-order valence-electron chi connectivity index (χ0n) is 23.5. The maximum absolute atomic E-state index is 12.8. The molecule has 222 valence electrons. The van der Waals surface area contributed by atoms with Gasteiger partial charge in [-0.25, -0.2) is 13.4 Å². The van der Waals surface area contributed by atoms with E-state index in [0.717, 1.165) is 37.3 Å². The lowest BCUT2D eigenvalue weighted by Crippen LogP contribution is -2.45. The van der Waals surface area contributed by atoms with Gasteiger partial charge in [-0.1, -0.05) is 26.0 Å². The highest BCUT2D eigenvalue weighted by molar-refractivity contribution is 7.92. The summed E-state index contributed by atoms with van der Waals surface area (Å²) in [5, 5.41) is 23.5. The molecule has 0 amide bonds. The van der Waals surface area contributed by atoms with E-state index in [1.807, 2.05) is 18.2 Å². The molecule has 0 radical (unpaired) electrons. The van der Waals surface area contributed by atoms with E-state index in [-0.39, 0.29) is 23.3 Å². The predicted octanol–water partition coefficient (Wildman–Crippen LogP) is 3.45. The molecule has 1 aliphatic rings. The second-order valence-electron chi connectivity index (χ2n) is 10.5. The number of ether oxygens (including phenoxy) is 1. The van der Waals surface area contributed by atoms with Crippen molar-refractivity contribution in [3.05, 3.63) is 66.4 Å². The predicted molar refractivity (Wildman–Crippen MR) is 161 cm³/mol. The highest BCUT2D eigenvalue weighted by Gasteiger charge is 2.21. The summed E-state index contributed by atoms with van der Waals surface area (Å²) in [6, 6.07) is 15.2. The largest absolute Gasteiger partial charge is 0.507 e. The number of rotatable bonds is 12. The zero-order chi connectivity index (χ0) is 29.6. The molecule has 1 aromatic heterocycles. The van der Waals surface area contributed by atoms with Crippen LogP contribution in [0.25, 0.3) is 0 Å². The van der Waals surface area contributed by atoms with Gasteiger partial charge in [-0.15, -0.1) is 0 Å². The first-order valence-corrected chi connectivity index (χ1v) is 16.6. The van der Waals surface area contributed by atoms with Crippen molar-refractivity contribution < 1.29 is 27.6 Å². The molecule has 0 spiro atoms. The molecule has 1 saturated heterocycles. The van der Waals surface area contributed by atoms with Crippen LogP contribution in [-0.4, -0.2) is 72.5 Å². The van der Waals surface area contributed by atoms with Crippen molar-refractivity contribution in [2.45, 2.75) is 54.5 Å². The SMILES string of the molecule is CC(C)c1ccc(S(=O)(=O)Nc2ccc(N3CCC(NCC(O)COc4ccc(O)c(S(C)=O)c4)CC3)nc2)cc1. The summed E-state index contributed by atoms with van der Waals surface area (Å²) in [7, 11) is -5.05. The Morgan fingerprint density at radius 2 is 1.80 bits per heavy atom. The molecule has 2 heterocycles. The molecule has 2 unspecified atom stereocenters. The number of hydrogen-bond acceptors (Lipinski definition) is 9. The Balaban J connectivity index is 1.21. The van der Waals surface area contributed by atoms with Crippen LogP contribution in [0.3, 0.4) is 0 Å². The number of aliphatic hydroxyl groups is 1. The average Bonchev–Trinajstić information content (AvgIpc) is 2.96. The summed E-state index contributed by atoms with van der Waals surface area (Å²) in [4.78, 5) is 7.13. The fourth-order valence-electron chi connectivity index (χ4n) is 4.56. The maximum atomic E-state index is 12.8. The van der Waals surface area contributed by atoms with Gasteiger partial charge in [0.25, 0.3) is 10.0 Å². The van der Waals surface area contributed by atoms with Crippen LogP contribution in [0.2, 0.25) is 0 Å². The molecular weight excluding hydrogens is 564 g/mol. The summed E-state index contributed by atoms with van der Waals surface area (Å²) in [5.74, 6) is 1.49. The number of nitrogens with zero attached hydrogens (tertiary/aromatic N) is 2. The third-order valence-corrected chi connectivity index (χ3v) is 9.35. The zero-order valence-corrected chi connectivity index (χ0v) is 25.1. The first kappa shape index (κ1) is 30.8. The van der Waals surface area contributed by atoms with Crippen LogP contribution < -0.4 is 19.7 Å². The monoisotopic (exact) mass is 602 g/mol. The van der Waals surface area contributed by atoms with Gasteiger partial charge < -0.3 is 25.2 Å². The normalized spacial score (nSPS) is 16.0. The fraction of sp³-hybridized carbons (Fsp3) is 0.414. The number of phenols is 1. The van der Waals surface area contributed by atoms with Gasteiger partial charge in [0.15, 0.2) is 0 Å². The number of piperidine rings is 1. The molecule has 0 aliphatic carbocycles. The summed E-state index contributed by atoms with van der Waals surface area (Å²) in [5.41, 5.74) is 1.48. The van der Waals surface area contributed by atoms with Crippen molar-refractivity contribution in [3.63, 3.8) is 0 Å². The van der Waals surface area contributed by atoms with Crippen LogP contribution in [0.1, 0.15) is 38.2 Å². The summed E-state index contributed by atoms with van der Waals surface area (Å²) >= 11 is 0. The van der Waals surface area contributed by atoms with Crippen LogP contribution in [0.5, 0.6) is 11.5 Å². The molecule has 10 nitrogen and oxygen atoms in total. The number of aromatic nitrogens is 1. The van der Waals surface area contributed by atoms with E-state index in [2.05, 4.69) is 33.8 Å². The second kappa shape index (κ2) is 13.6. The Labute approximate surface area is 244 Å². The lowest BCUT2D eigenvalue weighted by molar-refractivity contribution is 0.102. The molecule has 0 bridgehead atoms. The number of anilines is 2. The van der Waals surface area contributed by atoms with Gasteiger partial charge in [-0.05, 0) is 66.8 Å². The van der Waals surface area contributed by atoms with Crippen LogP contribution in [0, 0.1) is 0 Å². The number of aliphatic hydroxyl groups excluding tert-OH is 1. The summed E-state index contributed by atoms with van der Waals surface area (Å²) in [6.07, 6.45) is 4.00. The third kappa shape index (κ3) is 8.41. The summed E-state index contributed by atoms with van der Waals surface area (Å²) < 4.78 is 45.5. The first-order chi connectivity index (χ1) is 19.5. The van der Waals surface area contributed by atoms with E-state index < -0.39 is 26.9 Å². The summed E-state index contributed by atoms with van der Waals surface area (Å²) in [6.45, 7) is 6.10. The van der Waals surface area contributed by atoms with Crippen molar-refractivity contribution in [1.82, 2.24) is 10.3 Å². The number of nitrogens with one attached hydrogen (secondary N) is 2. The van der Waals surface area contributed by atoms with E-state index >= 15 is 0 Å². The minimum absolute atomic E-state index is 0.0503. The van der Waals surface area contributed by atoms with Crippen LogP contribution in [0.4, 0.5) is 11.5 Å². The van der Waals surface area contributed by atoms with E-state index in [4.69, 9.17) is 4.74 Å². The number of hydrogen-bond donors (Lipinski definition) is 4. The Hall–Kier alpha value is -3.19. The molecule has 2 aromatic carbocycles. The van der Waals surface area contributed by atoms with Gasteiger partial charge >= 0.3 is 0 Å². The molecular formula is C29H38N4O6S2. The van der Waals surface area contributed by atoms with Gasteiger partial charge in [-0.3, -0.25) is 8.93 Å². The Morgan fingerprint density at radius 3 is 2.41 bits per heavy atom.